The smallest absolute Gasteiger partial charge is 0.219 e. The Hall–Kier alpha value is -3.43. The number of nitrogens with two attached hydrogens (primary N) is 1. The number of pyridine rings is 1. The Morgan fingerprint density at radius 2 is 1.88 bits per heavy atom. The largest absolute Gasteiger partial charge is 0.496 e. The normalized spacial score (nSPS) is 18.3. The van der Waals surface area contributed by atoms with Gasteiger partial charge in [-0.25, -0.2) is 15.0 Å². The molecule has 2 aromatic heterocycles. The van der Waals surface area contributed by atoms with Crippen LogP contribution < -0.4 is 19.9 Å². The molecule has 9 heteroatoms. The summed E-state index contributed by atoms with van der Waals surface area (Å²) in [4.78, 5) is 15.3. The molecule has 2 aliphatic rings. The minimum Gasteiger partial charge on any atom is -0.496 e. The van der Waals surface area contributed by atoms with Crippen molar-refractivity contribution in [1.82, 2.24) is 19.9 Å². The third kappa shape index (κ3) is 4.30. The van der Waals surface area contributed by atoms with Crippen LogP contribution >= 0.6 is 0 Å². The van der Waals surface area contributed by atoms with Crippen LogP contribution in [0, 0.1) is 0 Å². The predicted molar refractivity (Wildman–Crippen MR) is 118 cm³/mol. The lowest BCUT2D eigenvalue weighted by Crippen LogP contribution is -2.38. The van der Waals surface area contributed by atoms with Crippen LogP contribution in [0.25, 0.3) is 11.3 Å². The van der Waals surface area contributed by atoms with Gasteiger partial charge >= 0.3 is 0 Å². The molecule has 0 amide bonds. The summed E-state index contributed by atoms with van der Waals surface area (Å²) in [5.74, 6) is 2.52. The van der Waals surface area contributed by atoms with E-state index in [4.69, 9.17) is 29.7 Å². The SMILES string of the molecule is COc1cc2c(cc1CN1CCOC(c3cccc(-c4cnc(N)nc4)n3)C1)OCCO2. The molecule has 1 unspecified atom stereocenters. The van der Waals surface area contributed by atoms with Crippen molar-refractivity contribution in [3.63, 3.8) is 0 Å². The van der Waals surface area contributed by atoms with Gasteiger partial charge in [-0.05, 0) is 18.2 Å². The van der Waals surface area contributed by atoms with Crippen molar-refractivity contribution in [2.75, 3.05) is 45.8 Å². The fraction of sp³-hybridized carbons (Fsp3) is 0.348. The number of ether oxygens (including phenoxy) is 4. The second kappa shape index (κ2) is 8.97. The lowest BCUT2D eigenvalue weighted by atomic mass is 10.1. The van der Waals surface area contributed by atoms with E-state index < -0.39 is 0 Å². The van der Waals surface area contributed by atoms with E-state index >= 15 is 0 Å². The van der Waals surface area contributed by atoms with E-state index in [1.807, 2.05) is 30.3 Å². The second-order valence-corrected chi connectivity index (χ2v) is 7.68. The van der Waals surface area contributed by atoms with Crippen LogP contribution in [0.4, 0.5) is 5.95 Å². The van der Waals surface area contributed by atoms with Crippen LogP contribution in [-0.2, 0) is 11.3 Å². The van der Waals surface area contributed by atoms with Crippen LogP contribution in [-0.4, -0.2) is 59.9 Å². The standard InChI is InChI=1S/C23H25N5O4/c1-29-19-10-21-20(31-7-8-32-21)9-15(19)13-28-5-6-30-22(14-28)18-4-2-3-17(27-18)16-11-25-23(24)26-12-16/h2-4,9-12,22H,5-8,13-14H2,1H3,(H2,24,25,26). The number of methoxy groups -OCH3 is 1. The number of nitrogens with zero attached hydrogens (tertiary/aromatic N) is 4. The first-order chi connectivity index (χ1) is 15.7. The third-order valence-electron chi connectivity index (χ3n) is 5.56. The fourth-order valence-corrected chi connectivity index (χ4v) is 3.95. The molecule has 5 rings (SSSR count). The molecule has 9 nitrogen and oxygen atoms in total. The molecule has 0 spiro atoms. The maximum Gasteiger partial charge on any atom is 0.219 e. The zero-order valence-corrected chi connectivity index (χ0v) is 17.9. The highest BCUT2D eigenvalue weighted by Crippen LogP contribution is 2.37. The second-order valence-electron chi connectivity index (χ2n) is 7.68. The summed E-state index contributed by atoms with van der Waals surface area (Å²) in [6.07, 6.45) is 3.22. The first kappa shape index (κ1) is 20.5. The molecule has 0 bridgehead atoms. The molecule has 1 atom stereocenters. The van der Waals surface area contributed by atoms with Gasteiger partial charge in [0.1, 0.15) is 25.1 Å². The highest BCUT2D eigenvalue weighted by Gasteiger charge is 2.25. The topological polar surface area (TPSA) is 105 Å². The Kier molecular flexibility index (Phi) is 5.74. The van der Waals surface area contributed by atoms with Gasteiger partial charge < -0.3 is 24.7 Å². The van der Waals surface area contributed by atoms with E-state index in [2.05, 4.69) is 14.9 Å². The summed E-state index contributed by atoms with van der Waals surface area (Å²) in [6.45, 7) is 3.97. The molecule has 4 heterocycles. The maximum absolute atomic E-state index is 6.06. The summed E-state index contributed by atoms with van der Waals surface area (Å²) in [6, 6.07) is 9.80. The van der Waals surface area contributed by atoms with E-state index in [9.17, 15) is 0 Å². The van der Waals surface area contributed by atoms with Crippen molar-refractivity contribution in [3.8, 4) is 28.5 Å². The van der Waals surface area contributed by atoms with Crippen LogP contribution in [0.5, 0.6) is 17.2 Å². The highest BCUT2D eigenvalue weighted by atomic mass is 16.6. The first-order valence-corrected chi connectivity index (χ1v) is 10.5. The van der Waals surface area contributed by atoms with Crippen molar-refractivity contribution in [1.29, 1.82) is 0 Å². The number of hydrogen-bond donors (Lipinski definition) is 1. The Bertz CT molecular complexity index is 1090. The fourth-order valence-electron chi connectivity index (χ4n) is 3.95. The van der Waals surface area contributed by atoms with Gasteiger partial charge in [0.05, 0.1) is 25.1 Å². The van der Waals surface area contributed by atoms with Gasteiger partial charge in [0.2, 0.25) is 5.95 Å². The molecule has 2 N–H and O–H groups in total. The summed E-state index contributed by atoms with van der Waals surface area (Å²) in [5, 5.41) is 0. The van der Waals surface area contributed by atoms with E-state index in [0.717, 1.165) is 46.3 Å². The van der Waals surface area contributed by atoms with Gasteiger partial charge in [-0.2, -0.15) is 0 Å². The molecule has 3 aromatic rings. The Morgan fingerprint density at radius 1 is 1.09 bits per heavy atom. The molecule has 0 radical (unpaired) electrons. The van der Waals surface area contributed by atoms with E-state index in [-0.39, 0.29) is 12.1 Å². The van der Waals surface area contributed by atoms with Crippen LogP contribution in [0.2, 0.25) is 0 Å². The van der Waals surface area contributed by atoms with Crippen molar-refractivity contribution in [2.45, 2.75) is 12.6 Å². The number of benzene rings is 1. The Labute approximate surface area is 186 Å². The molecule has 32 heavy (non-hydrogen) atoms. The van der Waals surface area contributed by atoms with Crippen molar-refractivity contribution in [3.05, 3.63) is 54.0 Å². The van der Waals surface area contributed by atoms with Gasteiger partial charge in [-0.15, -0.1) is 0 Å². The molecular formula is C23H25N5O4. The molecular weight excluding hydrogens is 410 g/mol. The van der Waals surface area contributed by atoms with Crippen molar-refractivity contribution < 1.29 is 18.9 Å². The molecule has 0 aliphatic carbocycles. The number of nitrogen functional groups attached to an aromatic ring is 1. The van der Waals surface area contributed by atoms with E-state index in [1.54, 1.807) is 19.5 Å². The average Bonchev–Trinajstić information content (AvgIpc) is 2.84. The number of anilines is 1. The summed E-state index contributed by atoms with van der Waals surface area (Å²) in [7, 11) is 1.67. The summed E-state index contributed by atoms with van der Waals surface area (Å²) < 4.78 is 23.1. The molecule has 1 aromatic carbocycles. The molecule has 166 valence electrons. The van der Waals surface area contributed by atoms with Crippen LogP contribution in [0.15, 0.2) is 42.7 Å². The quantitative estimate of drug-likeness (QED) is 0.647. The summed E-state index contributed by atoms with van der Waals surface area (Å²) >= 11 is 0. The zero-order chi connectivity index (χ0) is 21.9. The zero-order valence-electron chi connectivity index (χ0n) is 17.9. The molecule has 1 saturated heterocycles. The highest BCUT2D eigenvalue weighted by molar-refractivity contribution is 5.57. The number of rotatable bonds is 5. The monoisotopic (exact) mass is 435 g/mol. The maximum atomic E-state index is 6.06. The average molecular weight is 435 g/mol. The lowest BCUT2D eigenvalue weighted by molar-refractivity contribution is -0.0351. The predicted octanol–water partition coefficient (Wildman–Crippen LogP) is 2.47. The van der Waals surface area contributed by atoms with E-state index in [1.165, 1.54) is 0 Å². The van der Waals surface area contributed by atoms with Crippen LogP contribution in [0.1, 0.15) is 17.4 Å². The van der Waals surface area contributed by atoms with Gasteiger partial charge in [0, 0.05) is 49.2 Å². The number of morpholine rings is 1. The van der Waals surface area contributed by atoms with E-state index in [0.29, 0.717) is 32.9 Å². The Balaban J connectivity index is 1.33. The summed E-state index contributed by atoms with van der Waals surface area (Å²) in [5.41, 5.74) is 9.13. The van der Waals surface area contributed by atoms with Gasteiger partial charge in [0.25, 0.3) is 0 Å². The number of aromatic nitrogens is 3. The van der Waals surface area contributed by atoms with Gasteiger partial charge in [-0.1, -0.05) is 6.07 Å². The minimum atomic E-state index is -0.137. The van der Waals surface area contributed by atoms with Gasteiger partial charge in [0.15, 0.2) is 11.5 Å². The van der Waals surface area contributed by atoms with Crippen molar-refractivity contribution >= 4 is 5.95 Å². The molecule has 1 fully saturated rings. The third-order valence-corrected chi connectivity index (χ3v) is 5.56. The molecule has 0 saturated carbocycles. The number of hydrogen-bond acceptors (Lipinski definition) is 9. The lowest BCUT2D eigenvalue weighted by Gasteiger charge is -2.33. The number of fused-ring (bicyclic) bond motifs is 1. The van der Waals surface area contributed by atoms with Crippen LogP contribution in [0.3, 0.4) is 0 Å². The van der Waals surface area contributed by atoms with Gasteiger partial charge in [-0.3, -0.25) is 4.90 Å². The molecule has 2 aliphatic heterocycles. The minimum absolute atomic E-state index is 0.137. The Morgan fingerprint density at radius 3 is 2.66 bits per heavy atom. The van der Waals surface area contributed by atoms with Crippen molar-refractivity contribution in [2.24, 2.45) is 0 Å². The first-order valence-electron chi connectivity index (χ1n) is 10.5.